The highest BCUT2D eigenvalue weighted by Gasteiger charge is 2.28. The molecule has 0 radical (unpaired) electrons. The number of benzene rings is 1. The van der Waals surface area contributed by atoms with E-state index in [0.29, 0.717) is 25.9 Å². The second kappa shape index (κ2) is 7.76. The number of aliphatic carboxylic acids is 1. The van der Waals surface area contributed by atoms with Crippen molar-refractivity contribution in [1.29, 1.82) is 0 Å². The molecule has 1 fully saturated rings. The third-order valence-corrected chi connectivity index (χ3v) is 4.16. The van der Waals surface area contributed by atoms with Gasteiger partial charge in [-0.2, -0.15) is 0 Å². The van der Waals surface area contributed by atoms with Gasteiger partial charge in [0.15, 0.2) is 0 Å². The van der Waals surface area contributed by atoms with E-state index in [0.717, 1.165) is 5.56 Å². The van der Waals surface area contributed by atoms with Gasteiger partial charge in [0.2, 0.25) is 11.8 Å². The van der Waals surface area contributed by atoms with E-state index in [1.165, 1.54) is 6.92 Å². The lowest BCUT2D eigenvalue weighted by Crippen LogP contribution is -2.42. The van der Waals surface area contributed by atoms with Crippen LogP contribution in [0.25, 0.3) is 0 Å². The van der Waals surface area contributed by atoms with Gasteiger partial charge >= 0.3 is 5.97 Å². The quantitative estimate of drug-likeness (QED) is 0.863. The lowest BCUT2D eigenvalue weighted by Gasteiger charge is -2.31. The molecule has 1 aliphatic rings. The largest absolute Gasteiger partial charge is 0.481 e. The molecule has 0 bridgehead atoms. The molecule has 0 aromatic heterocycles. The number of carboxylic acids is 1. The van der Waals surface area contributed by atoms with Crippen molar-refractivity contribution in [3.63, 3.8) is 0 Å². The molecule has 23 heavy (non-hydrogen) atoms. The van der Waals surface area contributed by atoms with Crippen LogP contribution in [0.4, 0.5) is 0 Å². The fraction of sp³-hybridized carbons (Fsp3) is 0.471. The first-order chi connectivity index (χ1) is 11.0. The van der Waals surface area contributed by atoms with Crippen LogP contribution in [0.2, 0.25) is 0 Å². The highest BCUT2D eigenvalue weighted by Crippen LogP contribution is 2.22. The van der Waals surface area contributed by atoms with Crippen LogP contribution in [-0.2, 0) is 14.4 Å². The van der Waals surface area contributed by atoms with Gasteiger partial charge in [-0.25, -0.2) is 0 Å². The molecule has 1 aromatic rings. The summed E-state index contributed by atoms with van der Waals surface area (Å²) in [7, 11) is 0. The molecular formula is C17H22N2O4. The van der Waals surface area contributed by atoms with Crippen molar-refractivity contribution in [1.82, 2.24) is 10.2 Å². The minimum atomic E-state index is -0.794. The molecule has 1 atom stereocenters. The zero-order valence-corrected chi connectivity index (χ0v) is 13.2. The van der Waals surface area contributed by atoms with Crippen LogP contribution in [0.1, 0.15) is 37.8 Å². The third-order valence-electron chi connectivity index (χ3n) is 4.16. The van der Waals surface area contributed by atoms with Gasteiger partial charge in [0.25, 0.3) is 0 Å². The summed E-state index contributed by atoms with van der Waals surface area (Å²) in [6.45, 7) is 2.34. The van der Waals surface area contributed by atoms with Crippen LogP contribution in [0, 0.1) is 5.92 Å². The number of nitrogens with one attached hydrogen (secondary N) is 1. The van der Waals surface area contributed by atoms with E-state index in [-0.39, 0.29) is 30.2 Å². The first-order valence-electron chi connectivity index (χ1n) is 7.80. The minimum Gasteiger partial charge on any atom is -0.481 e. The molecule has 1 saturated heterocycles. The number of rotatable bonds is 5. The Balaban J connectivity index is 1.98. The van der Waals surface area contributed by atoms with Crippen LogP contribution in [0.3, 0.4) is 0 Å². The van der Waals surface area contributed by atoms with Crippen molar-refractivity contribution >= 4 is 17.8 Å². The van der Waals surface area contributed by atoms with E-state index >= 15 is 0 Å². The number of piperidine rings is 1. The van der Waals surface area contributed by atoms with E-state index in [9.17, 15) is 14.4 Å². The summed E-state index contributed by atoms with van der Waals surface area (Å²) in [6.07, 6.45) is 1.15. The van der Waals surface area contributed by atoms with Crippen molar-refractivity contribution in [2.75, 3.05) is 13.1 Å². The van der Waals surface area contributed by atoms with Gasteiger partial charge < -0.3 is 15.3 Å². The van der Waals surface area contributed by atoms with Crippen molar-refractivity contribution in [2.24, 2.45) is 5.92 Å². The summed E-state index contributed by atoms with van der Waals surface area (Å²) in [6, 6.07) is 9.01. The standard InChI is InChI=1S/C17H22N2O4/c1-12(20)18-15(13-5-3-2-4-6-13)11-16(21)19-9-7-14(8-10-19)17(22)23/h2-6,14-15H,7-11H2,1H3,(H,18,20)(H,22,23). The summed E-state index contributed by atoms with van der Waals surface area (Å²) in [5, 5.41) is 11.8. The fourth-order valence-corrected chi connectivity index (χ4v) is 2.86. The van der Waals surface area contributed by atoms with Crippen molar-refractivity contribution in [3.8, 4) is 0 Å². The molecule has 2 N–H and O–H groups in total. The molecule has 6 heteroatoms. The maximum absolute atomic E-state index is 12.5. The Morgan fingerprint density at radius 2 is 1.83 bits per heavy atom. The molecule has 1 aliphatic heterocycles. The second-order valence-corrected chi connectivity index (χ2v) is 5.86. The molecule has 0 aliphatic carbocycles. The van der Waals surface area contributed by atoms with Gasteiger partial charge in [-0.1, -0.05) is 30.3 Å². The average molecular weight is 318 g/mol. The number of carboxylic acid groups (broad SMARTS) is 1. The van der Waals surface area contributed by atoms with Gasteiger partial charge in [0, 0.05) is 20.0 Å². The first-order valence-corrected chi connectivity index (χ1v) is 7.80. The van der Waals surface area contributed by atoms with Gasteiger partial charge in [-0.3, -0.25) is 14.4 Å². The van der Waals surface area contributed by atoms with Crippen molar-refractivity contribution in [3.05, 3.63) is 35.9 Å². The maximum atomic E-state index is 12.5. The number of carbonyl (C=O) groups excluding carboxylic acids is 2. The van der Waals surface area contributed by atoms with Crippen LogP contribution in [0.15, 0.2) is 30.3 Å². The Bertz CT molecular complexity index is 565. The first kappa shape index (κ1) is 17.0. The predicted octanol–water partition coefficient (Wildman–Crippen LogP) is 1.58. The number of hydrogen-bond acceptors (Lipinski definition) is 3. The van der Waals surface area contributed by atoms with Gasteiger partial charge in [-0.15, -0.1) is 0 Å². The van der Waals surface area contributed by atoms with E-state index < -0.39 is 5.97 Å². The molecule has 2 amide bonds. The van der Waals surface area contributed by atoms with Crippen LogP contribution in [0.5, 0.6) is 0 Å². The topological polar surface area (TPSA) is 86.7 Å². The molecule has 124 valence electrons. The maximum Gasteiger partial charge on any atom is 0.306 e. The Morgan fingerprint density at radius 1 is 1.22 bits per heavy atom. The number of carbonyl (C=O) groups is 3. The molecule has 1 aromatic carbocycles. The lowest BCUT2D eigenvalue weighted by molar-refractivity contribution is -0.146. The van der Waals surface area contributed by atoms with Crippen LogP contribution >= 0.6 is 0 Å². The Morgan fingerprint density at radius 3 is 2.35 bits per heavy atom. The Labute approximate surface area is 135 Å². The summed E-state index contributed by atoms with van der Waals surface area (Å²) < 4.78 is 0. The fourth-order valence-electron chi connectivity index (χ4n) is 2.86. The zero-order valence-electron chi connectivity index (χ0n) is 13.2. The molecule has 1 heterocycles. The van der Waals surface area contributed by atoms with E-state index in [2.05, 4.69) is 5.32 Å². The van der Waals surface area contributed by atoms with Gasteiger partial charge in [0.05, 0.1) is 18.4 Å². The number of amides is 2. The number of likely N-dealkylation sites (tertiary alicyclic amines) is 1. The average Bonchev–Trinajstić information content (AvgIpc) is 2.54. The van der Waals surface area contributed by atoms with E-state index in [1.54, 1.807) is 4.90 Å². The Hall–Kier alpha value is -2.37. The smallest absolute Gasteiger partial charge is 0.306 e. The van der Waals surface area contributed by atoms with Crippen molar-refractivity contribution in [2.45, 2.75) is 32.2 Å². The summed E-state index contributed by atoms with van der Waals surface area (Å²) in [5.74, 6) is -1.40. The highest BCUT2D eigenvalue weighted by molar-refractivity contribution is 5.79. The molecule has 0 spiro atoms. The summed E-state index contributed by atoms with van der Waals surface area (Å²) in [5.41, 5.74) is 0.886. The molecule has 1 unspecified atom stereocenters. The summed E-state index contributed by atoms with van der Waals surface area (Å²) in [4.78, 5) is 36.5. The number of hydrogen-bond donors (Lipinski definition) is 2. The van der Waals surface area contributed by atoms with Crippen molar-refractivity contribution < 1.29 is 19.5 Å². The highest BCUT2D eigenvalue weighted by atomic mass is 16.4. The van der Waals surface area contributed by atoms with E-state index in [4.69, 9.17) is 5.11 Å². The Kier molecular flexibility index (Phi) is 5.73. The second-order valence-electron chi connectivity index (χ2n) is 5.86. The summed E-state index contributed by atoms with van der Waals surface area (Å²) >= 11 is 0. The third kappa shape index (κ3) is 4.81. The van der Waals surface area contributed by atoms with Crippen LogP contribution in [-0.4, -0.2) is 40.9 Å². The van der Waals surface area contributed by atoms with Gasteiger partial charge in [0.1, 0.15) is 0 Å². The van der Waals surface area contributed by atoms with Crippen LogP contribution < -0.4 is 5.32 Å². The molecule has 2 rings (SSSR count). The zero-order chi connectivity index (χ0) is 16.8. The molecule has 0 saturated carbocycles. The monoisotopic (exact) mass is 318 g/mol. The lowest BCUT2D eigenvalue weighted by atomic mass is 9.96. The SMILES string of the molecule is CC(=O)NC(CC(=O)N1CCC(C(=O)O)CC1)c1ccccc1. The normalized spacial score (nSPS) is 16.7. The predicted molar refractivity (Wildman–Crippen MR) is 84.6 cm³/mol. The molecule has 6 nitrogen and oxygen atoms in total. The molecular weight excluding hydrogens is 296 g/mol. The van der Waals surface area contributed by atoms with Gasteiger partial charge in [-0.05, 0) is 18.4 Å². The number of nitrogens with zero attached hydrogens (tertiary/aromatic N) is 1. The minimum absolute atomic E-state index is 0.0589. The van der Waals surface area contributed by atoms with E-state index in [1.807, 2.05) is 30.3 Å².